The maximum absolute atomic E-state index is 13.2. The van der Waals surface area contributed by atoms with Gasteiger partial charge >= 0.3 is 11.9 Å². The van der Waals surface area contributed by atoms with Crippen LogP contribution in [0.25, 0.3) is 10.9 Å². The topological polar surface area (TPSA) is 96.7 Å². The maximum atomic E-state index is 13.2. The van der Waals surface area contributed by atoms with Crippen molar-refractivity contribution in [2.45, 2.75) is 42.3 Å². The molecule has 0 radical (unpaired) electrons. The van der Waals surface area contributed by atoms with E-state index in [4.69, 9.17) is 14.2 Å². The van der Waals surface area contributed by atoms with E-state index in [1.165, 1.54) is 24.9 Å². The summed E-state index contributed by atoms with van der Waals surface area (Å²) in [5, 5.41) is 0.437. The zero-order valence-electron chi connectivity index (χ0n) is 15.4. The van der Waals surface area contributed by atoms with Gasteiger partial charge in [0.25, 0.3) is 5.56 Å². The summed E-state index contributed by atoms with van der Waals surface area (Å²) in [7, 11) is 1.30. The second-order valence-electron chi connectivity index (χ2n) is 6.73. The molecule has 28 heavy (non-hydrogen) atoms. The number of hydrogen-bond donors (Lipinski definition) is 0. The van der Waals surface area contributed by atoms with Crippen molar-refractivity contribution in [2.24, 2.45) is 0 Å². The highest BCUT2D eigenvalue weighted by Gasteiger charge is 2.30. The van der Waals surface area contributed by atoms with Crippen LogP contribution in [0.4, 0.5) is 0 Å². The Labute approximate surface area is 165 Å². The predicted octanol–water partition coefficient (Wildman–Crippen LogP) is 1.77. The van der Waals surface area contributed by atoms with E-state index >= 15 is 0 Å². The van der Waals surface area contributed by atoms with Gasteiger partial charge < -0.3 is 14.2 Å². The molecule has 0 aliphatic carbocycles. The lowest BCUT2D eigenvalue weighted by Gasteiger charge is -2.17. The fraction of sp³-hybridized carbons (Fsp3) is 0.474. The zero-order valence-corrected chi connectivity index (χ0v) is 16.2. The minimum atomic E-state index is -0.499. The van der Waals surface area contributed by atoms with Crippen molar-refractivity contribution in [1.82, 2.24) is 9.55 Å². The molecule has 2 aliphatic rings. The molecule has 1 aromatic heterocycles. The van der Waals surface area contributed by atoms with Crippen LogP contribution in [0, 0.1) is 0 Å². The number of esters is 2. The molecule has 2 aromatic rings. The van der Waals surface area contributed by atoms with E-state index in [0.717, 1.165) is 12.8 Å². The maximum Gasteiger partial charge on any atom is 0.337 e. The summed E-state index contributed by atoms with van der Waals surface area (Å²) in [6, 6.07) is 4.67. The van der Waals surface area contributed by atoms with Crippen LogP contribution in [-0.4, -0.2) is 53.2 Å². The molecule has 0 spiro atoms. The zero-order chi connectivity index (χ0) is 19.7. The molecule has 2 fully saturated rings. The number of carbonyl (C=O) groups is 2. The fourth-order valence-corrected chi connectivity index (χ4v) is 4.47. The van der Waals surface area contributed by atoms with Crippen LogP contribution in [0.2, 0.25) is 0 Å². The number of fused-ring (bicyclic) bond motifs is 1. The van der Waals surface area contributed by atoms with Gasteiger partial charge in [-0.2, -0.15) is 0 Å². The molecule has 0 saturated carbocycles. The summed E-state index contributed by atoms with van der Waals surface area (Å²) in [4.78, 5) is 41.5. The summed E-state index contributed by atoms with van der Waals surface area (Å²) >= 11 is 1.22. The lowest BCUT2D eigenvalue weighted by Crippen LogP contribution is -2.29. The molecule has 0 N–H and O–H groups in total. The van der Waals surface area contributed by atoms with Crippen molar-refractivity contribution in [2.75, 3.05) is 20.3 Å². The van der Waals surface area contributed by atoms with Crippen LogP contribution in [0.5, 0.6) is 0 Å². The summed E-state index contributed by atoms with van der Waals surface area (Å²) in [6.07, 6.45) is 2.35. The smallest absolute Gasteiger partial charge is 0.337 e. The van der Waals surface area contributed by atoms with Crippen molar-refractivity contribution in [1.29, 1.82) is 0 Å². The molecule has 3 heterocycles. The molecule has 2 aliphatic heterocycles. The minimum Gasteiger partial charge on any atom is -0.465 e. The highest BCUT2D eigenvalue weighted by atomic mass is 32.2. The van der Waals surface area contributed by atoms with Gasteiger partial charge in [-0.25, -0.2) is 9.78 Å². The number of carbonyl (C=O) groups excluding carboxylic acids is 2. The molecule has 148 valence electrons. The van der Waals surface area contributed by atoms with E-state index < -0.39 is 11.2 Å². The molecule has 9 heteroatoms. The first-order chi connectivity index (χ1) is 13.6. The molecule has 0 bridgehead atoms. The number of rotatable bonds is 5. The third-order valence-electron chi connectivity index (χ3n) is 4.89. The van der Waals surface area contributed by atoms with Crippen LogP contribution in [0.1, 0.15) is 29.6 Å². The average Bonchev–Trinajstić information content (AvgIpc) is 3.36. The Morgan fingerprint density at radius 2 is 2.18 bits per heavy atom. The lowest BCUT2D eigenvalue weighted by atomic mass is 10.1. The van der Waals surface area contributed by atoms with Crippen molar-refractivity contribution in [3.05, 3.63) is 34.1 Å². The molecule has 0 unspecified atom stereocenters. The predicted molar refractivity (Wildman–Crippen MR) is 102 cm³/mol. The van der Waals surface area contributed by atoms with Gasteiger partial charge in [-0.3, -0.25) is 14.2 Å². The standard InChI is InChI=1S/C19H20N2O6S/c1-25-17(23)11-4-5-13-14(9-11)20-19(28-15-6-8-27-18(15)24)21(16(13)22)10-12-3-2-7-26-12/h4-5,9,12,15H,2-3,6-8,10H2,1H3/t12-,15+/m1/s1. The Bertz CT molecular complexity index is 982. The Hall–Kier alpha value is -2.39. The second kappa shape index (κ2) is 7.92. The molecular weight excluding hydrogens is 384 g/mol. The van der Waals surface area contributed by atoms with Crippen LogP contribution in [0.3, 0.4) is 0 Å². The number of methoxy groups -OCH3 is 1. The Morgan fingerprint density at radius 1 is 1.32 bits per heavy atom. The Balaban J connectivity index is 1.79. The van der Waals surface area contributed by atoms with Gasteiger partial charge in [-0.15, -0.1) is 0 Å². The first-order valence-electron chi connectivity index (χ1n) is 9.14. The van der Waals surface area contributed by atoms with Gasteiger partial charge in [0.2, 0.25) is 0 Å². The molecule has 2 saturated heterocycles. The van der Waals surface area contributed by atoms with Crippen molar-refractivity contribution >= 4 is 34.6 Å². The first-order valence-corrected chi connectivity index (χ1v) is 10.0. The number of aromatic nitrogens is 2. The number of hydrogen-bond acceptors (Lipinski definition) is 8. The molecule has 4 rings (SSSR count). The van der Waals surface area contributed by atoms with Crippen LogP contribution in [0.15, 0.2) is 28.2 Å². The quantitative estimate of drug-likeness (QED) is 0.549. The Morgan fingerprint density at radius 3 is 2.86 bits per heavy atom. The summed E-state index contributed by atoms with van der Waals surface area (Å²) in [5.74, 6) is -0.799. The number of benzene rings is 1. The normalized spacial score (nSPS) is 21.8. The number of cyclic esters (lactones) is 1. The van der Waals surface area contributed by atoms with E-state index in [9.17, 15) is 14.4 Å². The molecule has 8 nitrogen and oxygen atoms in total. The lowest BCUT2D eigenvalue weighted by molar-refractivity contribution is -0.137. The van der Waals surface area contributed by atoms with Crippen molar-refractivity contribution in [3.63, 3.8) is 0 Å². The Kier molecular flexibility index (Phi) is 5.36. The largest absolute Gasteiger partial charge is 0.465 e. The summed E-state index contributed by atoms with van der Waals surface area (Å²) in [5.41, 5.74) is 0.492. The van der Waals surface area contributed by atoms with E-state index in [-0.39, 0.29) is 17.6 Å². The van der Waals surface area contributed by atoms with E-state index in [1.807, 2.05) is 0 Å². The van der Waals surface area contributed by atoms with E-state index in [2.05, 4.69) is 4.98 Å². The number of nitrogens with zero attached hydrogens (tertiary/aromatic N) is 2. The molecule has 1 aromatic carbocycles. The van der Waals surface area contributed by atoms with Gasteiger partial charge in [0.05, 0.1) is 42.8 Å². The SMILES string of the molecule is COC(=O)c1ccc2c(=O)n(C[C@H]3CCCO3)c(S[C@H]3CCOC3=O)nc2c1. The van der Waals surface area contributed by atoms with Gasteiger partial charge in [0.1, 0.15) is 5.25 Å². The van der Waals surface area contributed by atoms with Gasteiger partial charge in [0, 0.05) is 13.0 Å². The number of thioether (sulfide) groups is 1. The van der Waals surface area contributed by atoms with Crippen molar-refractivity contribution < 1.29 is 23.8 Å². The van der Waals surface area contributed by atoms with Crippen LogP contribution < -0.4 is 5.56 Å². The summed E-state index contributed by atoms with van der Waals surface area (Å²) < 4.78 is 17.0. The first kappa shape index (κ1) is 18.9. The fourth-order valence-electron chi connectivity index (χ4n) is 3.40. The average molecular weight is 404 g/mol. The van der Waals surface area contributed by atoms with Gasteiger partial charge in [0.15, 0.2) is 5.16 Å². The highest BCUT2D eigenvalue weighted by Crippen LogP contribution is 2.29. The molecular formula is C19H20N2O6S. The van der Waals surface area contributed by atoms with Crippen LogP contribution in [-0.2, 0) is 25.5 Å². The molecule has 2 atom stereocenters. The molecule has 0 amide bonds. The van der Waals surface area contributed by atoms with Gasteiger partial charge in [-0.1, -0.05) is 11.8 Å². The third-order valence-corrected chi connectivity index (χ3v) is 6.12. The summed E-state index contributed by atoms with van der Waals surface area (Å²) in [6.45, 7) is 1.43. The van der Waals surface area contributed by atoms with E-state index in [1.54, 1.807) is 16.7 Å². The van der Waals surface area contributed by atoms with Crippen LogP contribution >= 0.6 is 11.8 Å². The van der Waals surface area contributed by atoms with E-state index in [0.29, 0.717) is 47.8 Å². The second-order valence-corrected chi connectivity index (χ2v) is 7.90. The van der Waals surface area contributed by atoms with Gasteiger partial charge in [-0.05, 0) is 31.0 Å². The number of ether oxygens (including phenoxy) is 3. The minimum absolute atomic E-state index is 0.0545. The third kappa shape index (κ3) is 3.64. The van der Waals surface area contributed by atoms with Crippen molar-refractivity contribution in [3.8, 4) is 0 Å². The highest BCUT2D eigenvalue weighted by molar-refractivity contribution is 8.00. The monoisotopic (exact) mass is 404 g/mol.